The third kappa shape index (κ3) is 2.09. The van der Waals surface area contributed by atoms with Crippen molar-refractivity contribution in [1.29, 1.82) is 0 Å². The van der Waals surface area contributed by atoms with Crippen LogP contribution < -0.4 is 10.5 Å². The Morgan fingerprint density at radius 3 is 2.71 bits per heavy atom. The molecule has 1 aromatic rings. The summed E-state index contributed by atoms with van der Waals surface area (Å²) >= 11 is 0. The normalized spacial score (nSPS) is 10.9. The summed E-state index contributed by atoms with van der Waals surface area (Å²) in [6.07, 6.45) is 2.77. The van der Waals surface area contributed by atoms with E-state index in [4.69, 9.17) is 10.5 Å². The first kappa shape index (κ1) is 10.7. The quantitative estimate of drug-likeness (QED) is 0.807. The van der Waals surface area contributed by atoms with Crippen LogP contribution in [0.15, 0.2) is 18.2 Å². The van der Waals surface area contributed by atoms with Gasteiger partial charge in [-0.2, -0.15) is 0 Å². The Labute approximate surface area is 81.0 Å². The highest BCUT2D eigenvalue weighted by Gasteiger charge is 2.10. The largest absolute Gasteiger partial charge is 0.494 e. The molecular formula is C10H11F2NO. The van der Waals surface area contributed by atoms with Crippen molar-refractivity contribution in [3.63, 3.8) is 0 Å². The molecule has 0 bridgehead atoms. The molecule has 0 amide bonds. The second-order valence-corrected chi connectivity index (χ2v) is 2.62. The predicted octanol–water partition coefficient (Wildman–Crippen LogP) is 1.95. The van der Waals surface area contributed by atoms with E-state index in [1.807, 2.05) is 0 Å². The van der Waals surface area contributed by atoms with Crippen molar-refractivity contribution in [2.75, 3.05) is 13.7 Å². The zero-order valence-corrected chi connectivity index (χ0v) is 7.76. The minimum atomic E-state index is -0.711. The number of halogens is 2. The summed E-state index contributed by atoms with van der Waals surface area (Å²) in [7, 11) is 1.33. The maximum Gasteiger partial charge on any atom is 0.175 e. The van der Waals surface area contributed by atoms with Crippen LogP contribution in [0.5, 0.6) is 5.75 Å². The van der Waals surface area contributed by atoms with E-state index in [1.54, 1.807) is 0 Å². The van der Waals surface area contributed by atoms with Crippen molar-refractivity contribution in [3.05, 3.63) is 35.4 Å². The van der Waals surface area contributed by atoms with Gasteiger partial charge in [-0.05, 0) is 12.1 Å². The van der Waals surface area contributed by atoms with E-state index in [1.165, 1.54) is 25.3 Å². The minimum Gasteiger partial charge on any atom is -0.494 e. The standard InChI is InChI=1S/C10H11F2NO/c1-14-9-5-4-8(11)7(10(9)12)3-2-6-13/h2-5H,6,13H2,1H3. The zero-order valence-electron chi connectivity index (χ0n) is 7.76. The molecule has 0 unspecified atom stereocenters. The van der Waals surface area contributed by atoms with Gasteiger partial charge in [-0.1, -0.05) is 12.2 Å². The first-order chi connectivity index (χ1) is 6.70. The lowest BCUT2D eigenvalue weighted by atomic mass is 10.1. The molecule has 0 saturated carbocycles. The molecule has 0 aliphatic carbocycles. The third-order valence-electron chi connectivity index (χ3n) is 1.73. The first-order valence-electron chi connectivity index (χ1n) is 4.09. The fourth-order valence-electron chi connectivity index (χ4n) is 1.05. The number of rotatable bonds is 3. The minimum absolute atomic E-state index is 0.0167. The number of benzene rings is 1. The number of nitrogens with two attached hydrogens (primary N) is 1. The lowest BCUT2D eigenvalue weighted by Crippen LogP contribution is -1.96. The molecule has 0 saturated heterocycles. The lowest BCUT2D eigenvalue weighted by molar-refractivity contribution is 0.383. The molecule has 0 heterocycles. The Balaban J connectivity index is 3.18. The van der Waals surface area contributed by atoms with Crippen LogP contribution in [-0.2, 0) is 0 Å². The molecule has 0 aromatic heterocycles. The molecule has 0 aliphatic rings. The fourth-order valence-corrected chi connectivity index (χ4v) is 1.05. The predicted molar refractivity (Wildman–Crippen MR) is 51.0 cm³/mol. The molecule has 0 spiro atoms. The van der Waals surface area contributed by atoms with Crippen molar-refractivity contribution < 1.29 is 13.5 Å². The number of hydrogen-bond donors (Lipinski definition) is 1. The van der Waals surface area contributed by atoms with Gasteiger partial charge >= 0.3 is 0 Å². The van der Waals surface area contributed by atoms with E-state index in [0.29, 0.717) is 0 Å². The van der Waals surface area contributed by atoms with Crippen LogP contribution in [0.1, 0.15) is 5.56 Å². The average Bonchev–Trinajstić information content (AvgIpc) is 2.18. The van der Waals surface area contributed by atoms with Crippen LogP contribution in [-0.4, -0.2) is 13.7 Å². The molecule has 0 fully saturated rings. The molecule has 0 radical (unpaired) electrons. The van der Waals surface area contributed by atoms with Gasteiger partial charge in [-0.3, -0.25) is 0 Å². The average molecular weight is 199 g/mol. The fraction of sp³-hybridized carbons (Fsp3) is 0.200. The van der Waals surface area contributed by atoms with E-state index in [9.17, 15) is 8.78 Å². The maximum absolute atomic E-state index is 13.4. The van der Waals surface area contributed by atoms with E-state index >= 15 is 0 Å². The summed E-state index contributed by atoms with van der Waals surface area (Å²) in [6, 6.07) is 2.39. The highest BCUT2D eigenvalue weighted by molar-refractivity contribution is 5.54. The van der Waals surface area contributed by atoms with Gasteiger partial charge in [0.2, 0.25) is 0 Å². The van der Waals surface area contributed by atoms with E-state index < -0.39 is 11.6 Å². The summed E-state index contributed by atoms with van der Waals surface area (Å²) in [6.45, 7) is 0.232. The number of methoxy groups -OCH3 is 1. The summed E-state index contributed by atoms with van der Waals surface area (Å²) in [5.74, 6) is -1.33. The van der Waals surface area contributed by atoms with Gasteiger partial charge in [0.15, 0.2) is 11.6 Å². The second kappa shape index (κ2) is 4.72. The van der Waals surface area contributed by atoms with Gasteiger partial charge < -0.3 is 10.5 Å². The van der Waals surface area contributed by atoms with Crippen molar-refractivity contribution in [1.82, 2.24) is 0 Å². The highest BCUT2D eigenvalue weighted by atomic mass is 19.1. The van der Waals surface area contributed by atoms with E-state index in [-0.39, 0.29) is 17.9 Å². The summed E-state index contributed by atoms with van der Waals surface area (Å²) < 4.78 is 31.2. The molecule has 1 aromatic carbocycles. The molecule has 2 nitrogen and oxygen atoms in total. The van der Waals surface area contributed by atoms with E-state index in [2.05, 4.69) is 0 Å². The summed E-state index contributed by atoms with van der Waals surface area (Å²) in [5, 5.41) is 0. The Morgan fingerprint density at radius 2 is 2.14 bits per heavy atom. The van der Waals surface area contributed by atoms with Gasteiger partial charge in [-0.15, -0.1) is 0 Å². The molecule has 1 rings (SSSR count). The van der Waals surface area contributed by atoms with Crippen molar-refractivity contribution in [2.45, 2.75) is 0 Å². The summed E-state index contributed by atoms with van der Waals surface area (Å²) in [5.41, 5.74) is 5.05. The van der Waals surface area contributed by atoms with Crippen LogP contribution in [0.2, 0.25) is 0 Å². The Morgan fingerprint density at radius 1 is 1.43 bits per heavy atom. The van der Waals surface area contributed by atoms with Crippen molar-refractivity contribution in [3.8, 4) is 5.75 Å². The molecule has 0 atom stereocenters. The monoisotopic (exact) mass is 199 g/mol. The Hall–Kier alpha value is -1.42. The smallest absolute Gasteiger partial charge is 0.175 e. The van der Waals surface area contributed by atoms with Gasteiger partial charge in [0.1, 0.15) is 5.82 Å². The number of ether oxygens (including phenoxy) is 1. The molecule has 14 heavy (non-hydrogen) atoms. The molecule has 76 valence electrons. The number of hydrogen-bond acceptors (Lipinski definition) is 2. The maximum atomic E-state index is 13.4. The Bertz CT molecular complexity index is 350. The van der Waals surface area contributed by atoms with Gasteiger partial charge in [-0.25, -0.2) is 8.78 Å². The van der Waals surface area contributed by atoms with Crippen LogP contribution >= 0.6 is 0 Å². The van der Waals surface area contributed by atoms with Crippen LogP contribution in [0.3, 0.4) is 0 Å². The topological polar surface area (TPSA) is 35.2 Å². The first-order valence-corrected chi connectivity index (χ1v) is 4.09. The third-order valence-corrected chi connectivity index (χ3v) is 1.73. The summed E-state index contributed by atoms with van der Waals surface area (Å²) in [4.78, 5) is 0. The van der Waals surface area contributed by atoms with Crippen molar-refractivity contribution in [2.24, 2.45) is 5.73 Å². The highest BCUT2D eigenvalue weighted by Crippen LogP contribution is 2.23. The van der Waals surface area contributed by atoms with Crippen molar-refractivity contribution >= 4 is 6.08 Å². The van der Waals surface area contributed by atoms with E-state index in [0.717, 1.165) is 6.07 Å². The lowest BCUT2D eigenvalue weighted by Gasteiger charge is -2.04. The SMILES string of the molecule is COc1ccc(F)c(C=CCN)c1F. The molecule has 2 N–H and O–H groups in total. The van der Waals surface area contributed by atoms with Crippen LogP contribution in [0.4, 0.5) is 8.78 Å². The Kier molecular flexibility index (Phi) is 3.59. The molecular weight excluding hydrogens is 188 g/mol. The second-order valence-electron chi connectivity index (χ2n) is 2.62. The van der Waals surface area contributed by atoms with Crippen LogP contribution in [0.25, 0.3) is 6.08 Å². The zero-order chi connectivity index (χ0) is 10.6. The molecule has 4 heteroatoms. The van der Waals surface area contributed by atoms with Gasteiger partial charge in [0, 0.05) is 12.1 Å². The van der Waals surface area contributed by atoms with Crippen LogP contribution in [0, 0.1) is 11.6 Å². The van der Waals surface area contributed by atoms with Gasteiger partial charge in [0.05, 0.1) is 7.11 Å². The molecule has 0 aliphatic heterocycles. The van der Waals surface area contributed by atoms with Gasteiger partial charge in [0.25, 0.3) is 0 Å².